The van der Waals surface area contributed by atoms with E-state index in [0.717, 1.165) is 37.7 Å². The summed E-state index contributed by atoms with van der Waals surface area (Å²) < 4.78 is 12.6. The molecule has 1 aromatic heterocycles. The Hall–Kier alpha value is -2.13. The third kappa shape index (κ3) is 2.63. The highest BCUT2D eigenvalue weighted by molar-refractivity contribution is 5.85. The summed E-state index contributed by atoms with van der Waals surface area (Å²) in [6.07, 6.45) is 5.06. The maximum Gasteiger partial charge on any atom is 0.115 e. The van der Waals surface area contributed by atoms with Crippen LogP contribution in [-0.4, -0.2) is 4.98 Å². The van der Waals surface area contributed by atoms with Crippen molar-refractivity contribution in [2.24, 2.45) is 5.73 Å². The Bertz CT molecular complexity index is 850. The maximum absolute atomic E-state index is 12.6. The lowest BCUT2D eigenvalue weighted by atomic mass is 9.77. The van der Waals surface area contributed by atoms with E-state index in [1.807, 2.05) is 24.3 Å². The first kappa shape index (κ1) is 15.4. The molecule has 124 valence electrons. The largest absolute Gasteiger partial charge is 0.357 e. The van der Waals surface area contributed by atoms with Gasteiger partial charge >= 0.3 is 0 Å². The quantitative estimate of drug-likeness (QED) is 0.714. The molecule has 0 radical (unpaired) electrons. The molecule has 0 amide bonds. The molecule has 3 heteroatoms. The van der Waals surface area contributed by atoms with Gasteiger partial charge in [0.05, 0.1) is 5.54 Å². The first-order chi connectivity index (χ1) is 11.7. The Morgan fingerprint density at radius 1 is 1.04 bits per heavy atom. The van der Waals surface area contributed by atoms with Crippen LogP contribution >= 0.6 is 0 Å². The first-order valence-corrected chi connectivity index (χ1v) is 8.72. The maximum atomic E-state index is 12.6. The molecule has 0 saturated heterocycles. The first-order valence-electron chi connectivity index (χ1n) is 8.72. The number of aromatic amines is 1. The van der Waals surface area contributed by atoms with Crippen molar-refractivity contribution in [2.45, 2.75) is 44.3 Å². The lowest BCUT2D eigenvalue weighted by Crippen LogP contribution is -2.40. The average molecular weight is 322 g/mol. The van der Waals surface area contributed by atoms with Gasteiger partial charge in [-0.25, -0.2) is 4.39 Å². The predicted octanol–water partition coefficient (Wildman–Crippen LogP) is 4.76. The number of aromatic nitrogens is 1. The Kier molecular flexibility index (Phi) is 3.89. The molecule has 0 aliphatic heterocycles. The second-order valence-electron chi connectivity index (χ2n) is 6.98. The minimum Gasteiger partial charge on any atom is -0.357 e. The van der Waals surface area contributed by atoms with E-state index in [1.165, 1.54) is 27.7 Å². The second kappa shape index (κ2) is 6.06. The van der Waals surface area contributed by atoms with Gasteiger partial charge in [-0.05, 0) is 54.9 Å². The lowest BCUT2D eigenvalue weighted by molar-refractivity contribution is 0.339. The second-order valence-corrected chi connectivity index (χ2v) is 6.98. The number of para-hydroxylation sites is 1. The van der Waals surface area contributed by atoms with Crippen molar-refractivity contribution in [3.63, 3.8) is 0 Å². The molecule has 1 aliphatic carbocycles. The molecule has 1 aliphatic rings. The molecule has 4 rings (SSSR count). The number of alkyl halides is 1. The summed E-state index contributed by atoms with van der Waals surface area (Å²) in [4.78, 5) is 3.59. The minimum absolute atomic E-state index is 0.300. The molecular formula is C21H23FN2. The van der Waals surface area contributed by atoms with Crippen molar-refractivity contribution >= 4 is 10.9 Å². The Morgan fingerprint density at radius 2 is 1.79 bits per heavy atom. The molecule has 24 heavy (non-hydrogen) atoms. The molecule has 1 heterocycles. The van der Waals surface area contributed by atoms with Gasteiger partial charge in [0.2, 0.25) is 0 Å². The van der Waals surface area contributed by atoms with E-state index in [4.69, 9.17) is 5.73 Å². The van der Waals surface area contributed by atoms with Crippen LogP contribution in [0.2, 0.25) is 0 Å². The zero-order valence-electron chi connectivity index (χ0n) is 13.8. The van der Waals surface area contributed by atoms with Crippen LogP contribution in [-0.2, 0) is 25.1 Å². The summed E-state index contributed by atoms with van der Waals surface area (Å²) in [7, 11) is 0. The number of halogens is 1. The van der Waals surface area contributed by atoms with Gasteiger partial charge in [0.1, 0.15) is 6.67 Å². The molecule has 0 bridgehead atoms. The molecule has 2 aromatic carbocycles. The Labute approximate surface area is 141 Å². The normalized spacial score (nSPS) is 20.2. The predicted molar refractivity (Wildman–Crippen MR) is 96.7 cm³/mol. The average Bonchev–Trinajstić information content (AvgIpc) is 3.01. The standard InChI is InChI=1S/C21H23FN2/c22-14-16-9-7-15(8-10-16)11-13-21(23)12-3-5-18-17-4-1-2-6-19(17)24-20(18)21/h1-2,4,6-10,24H,3,5,11-14,23H2. The van der Waals surface area contributed by atoms with Gasteiger partial charge in [0.25, 0.3) is 0 Å². The van der Waals surface area contributed by atoms with E-state index < -0.39 is 6.67 Å². The monoisotopic (exact) mass is 322 g/mol. The zero-order valence-corrected chi connectivity index (χ0v) is 13.8. The van der Waals surface area contributed by atoms with Gasteiger partial charge in [-0.15, -0.1) is 0 Å². The summed E-state index contributed by atoms with van der Waals surface area (Å²) in [5.41, 5.74) is 12.3. The third-order valence-electron chi connectivity index (χ3n) is 5.40. The highest BCUT2D eigenvalue weighted by atomic mass is 19.1. The van der Waals surface area contributed by atoms with Crippen LogP contribution in [0.1, 0.15) is 41.6 Å². The Morgan fingerprint density at radius 3 is 2.58 bits per heavy atom. The van der Waals surface area contributed by atoms with Crippen molar-refractivity contribution in [1.82, 2.24) is 4.98 Å². The van der Waals surface area contributed by atoms with Crippen LogP contribution in [0, 0.1) is 0 Å². The van der Waals surface area contributed by atoms with Crippen LogP contribution in [0.5, 0.6) is 0 Å². The minimum atomic E-state index is -0.403. The number of nitrogens with one attached hydrogen (secondary N) is 1. The summed E-state index contributed by atoms with van der Waals surface area (Å²) in [6, 6.07) is 16.3. The number of H-pyrrole nitrogens is 1. The van der Waals surface area contributed by atoms with E-state index in [2.05, 4.69) is 29.2 Å². The zero-order chi connectivity index (χ0) is 16.6. The fourth-order valence-corrected chi connectivity index (χ4v) is 4.00. The third-order valence-corrected chi connectivity index (χ3v) is 5.40. The number of hydrogen-bond acceptors (Lipinski definition) is 1. The summed E-state index contributed by atoms with van der Waals surface area (Å²) in [5, 5.41) is 1.31. The van der Waals surface area contributed by atoms with Gasteiger partial charge in [-0.1, -0.05) is 42.5 Å². The fourth-order valence-electron chi connectivity index (χ4n) is 4.00. The van der Waals surface area contributed by atoms with Gasteiger partial charge in [-0.2, -0.15) is 0 Å². The summed E-state index contributed by atoms with van der Waals surface area (Å²) in [5.74, 6) is 0. The Balaban J connectivity index is 1.61. The van der Waals surface area contributed by atoms with Crippen LogP contribution in [0.3, 0.4) is 0 Å². The van der Waals surface area contributed by atoms with E-state index in [-0.39, 0.29) is 5.54 Å². The van der Waals surface area contributed by atoms with Crippen LogP contribution in [0.15, 0.2) is 48.5 Å². The van der Waals surface area contributed by atoms with E-state index in [0.29, 0.717) is 0 Å². The SMILES string of the molecule is NC1(CCc2ccc(CF)cc2)CCCc2c1[nH]c1ccccc21. The van der Waals surface area contributed by atoms with Crippen LogP contribution in [0.25, 0.3) is 10.9 Å². The molecule has 0 fully saturated rings. The fraction of sp³-hybridized carbons (Fsp3) is 0.333. The smallest absolute Gasteiger partial charge is 0.115 e. The van der Waals surface area contributed by atoms with Crippen LogP contribution in [0.4, 0.5) is 4.39 Å². The van der Waals surface area contributed by atoms with Gasteiger partial charge in [0.15, 0.2) is 0 Å². The van der Waals surface area contributed by atoms with E-state index in [9.17, 15) is 4.39 Å². The number of aryl methyl sites for hydroxylation is 2. The van der Waals surface area contributed by atoms with Crippen LogP contribution < -0.4 is 5.73 Å². The van der Waals surface area contributed by atoms with Gasteiger partial charge in [0, 0.05) is 16.6 Å². The van der Waals surface area contributed by atoms with Crippen molar-refractivity contribution in [2.75, 3.05) is 0 Å². The number of rotatable bonds is 4. The summed E-state index contributed by atoms with van der Waals surface area (Å²) in [6.45, 7) is -0.403. The highest BCUT2D eigenvalue weighted by Crippen LogP contribution is 2.39. The molecule has 2 nitrogen and oxygen atoms in total. The summed E-state index contributed by atoms with van der Waals surface area (Å²) >= 11 is 0. The van der Waals surface area contributed by atoms with Crippen molar-refractivity contribution in [3.8, 4) is 0 Å². The van der Waals surface area contributed by atoms with Gasteiger partial charge in [-0.3, -0.25) is 0 Å². The number of nitrogens with two attached hydrogens (primary N) is 1. The molecule has 0 spiro atoms. The van der Waals surface area contributed by atoms with E-state index in [1.54, 1.807) is 0 Å². The van der Waals surface area contributed by atoms with Crippen molar-refractivity contribution in [3.05, 3.63) is 70.9 Å². The number of hydrogen-bond donors (Lipinski definition) is 2. The van der Waals surface area contributed by atoms with Gasteiger partial charge < -0.3 is 10.7 Å². The number of benzene rings is 2. The lowest BCUT2D eigenvalue weighted by Gasteiger charge is -2.34. The molecule has 3 aromatic rings. The molecular weight excluding hydrogens is 299 g/mol. The molecule has 1 atom stereocenters. The molecule has 1 unspecified atom stereocenters. The van der Waals surface area contributed by atoms with Crippen molar-refractivity contribution < 1.29 is 4.39 Å². The topological polar surface area (TPSA) is 41.8 Å². The number of fused-ring (bicyclic) bond motifs is 3. The highest BCUT2D eigenvalue weighted by Gasteiger charge is 2.34. The molecule has 3 N–H and O–H groups in total. The van der Waals surface area contributed by atoms with Crippen molar-refractivity contribution in [1.29, 1.82) is 0 Å². The van der Waals surface area contributed by atoms with E-state index >= 15 is 0 Å². The molecule has 0 saturated carbocycles.